The number of amides is 3. The van der Waals surface area contributed by atoms with Crippen LogP contribution in [-0.2, 0) is 16.1 Å². The van der Waals surface area contributed by atoms with E-state index in [1.807, 2.05) is 38.1 Å². The van der Waals surface area contributed by atoms with Crippen LogP contribution in [-0.4, -0.2) is 44.9 Å². The molecule has 3 aromatic rings. The van der Waals surface area contributed by atoms with Crippen LogP contribution in [0.25, 0.3) is 11.0 Å². The third-order valence-electron chi connectivity index (χ3n) is 7.24. The van der Waals surface area contributed by atoms with E-state index in [4.69, 9.17) is 4.52 Å². The van der Waals surface area contributed by atoms with Crippen molar-refractivity contribution in [2.24, 2.45) is 11.8 Å². The van der Waals surface area contributed by atoms with E-state index in [2.05, 4.69) is 31.1 Å². The highest BCUT2D eigenvalue weighted by atomic mass is 16.5. The Bertz CT molecular complexity index is 1150. The zero-order chi connectivity index (χ0) is 26.2. The fraction of sp³-hybridized carbons (Fsp3) is 0.519. The second-order valence-electron chi connectivity index (χ2n) is 9.93. The summed E-state index contributed by atoms with van der Waals surface area (Å²) in [5, 5.41) is 12.2. The minimum absolute atomic E-state index is 0.0449. The lowest BCUT2D eigenvalue weighted by Crippen LogP contribution is -2.56. The van der Waals surface area contributed by atoms with Gasteiger partial charge in [0, 0.05) is 6.07 Å². The van der Waals surface area contributed by atoms with Crippen molar-refractivity contribution in [3.8, 4) is 0 Å². The zero-order valence-corrected chi connectivity index (χ0v) is 21.5. The summed E-state index contributed by atoms with van der Waals surface area (Å²) in [4.78, 5) is 47.1. The number of carbonyl (C=O) groups is 3. The van der Waals surface area contributed by atoms with Gasteiger partial charge in [-0.05, 0) is 30.4 Å². The summed E-state index contributed by atoms with van der Waals surface area (Å²) in [5.41, 5.74) is 1.72. The summed E-state index contributed by atoms with van der Waals surface area (Å²) in [6.45, 7) is 4.11. The Morgan fingerprint density at radius 3 is 2.57 bits per heavy atom. The molecule has 1 aliphatic rings. The van der Waals surface area contributed by atoms with E-state index in [1.165, 1.54) is 18.7 Å². The van der Waals surface area contributed by atoms with Crippen molar-refractivity contribution in [1.82, 2.24) is 31.1 Å². The maximum absolute atomic E-state index is 13.5. The van der Waals surface area contributed by atoms with Crippen LogP contribution in [0.15, 0.2) is 41.1 Å². The summed E-state index contributed by atoms with van der Waals surface area (Å²) in [6.07, 6.45) is 8.07. The molecule has 0 radical (unpaired) electrons. The van der Waals surface area contributed by atoms with E-state index < -0.39 is 18.0 Å². The highest BCUT2D eigenvalue weighted by molar-refractivity contribution is 5.96. The van der Waals surface area contributed by atoms with Crippen LogP contribution in [0.1, 0.15) is 75.2 Å². The normalized spacial score (nSPS) is 16.6. The molecule has 0 saturated heterocycles. The summed E-state index contributed by atoms with van der Waals surface area (Å²) >= 11 is 0. The Morgan fingerprint density at radius 1 is 1.08 bits per heavy atom. The SMILES string of the molecule is CC[C@H](C)[C@H](NC(=O)[C@H](CC1CCCCC1)NC(=O)c1ccno1)C(=O)NCc1nc2ccccc2[nH]1. The standard InChI is InChI=1S/C27H36N6O4/c1-3-17(2)24(27(36)28-16-23-30-19-11-7-8-12-20(19)31-23)33-25(34)21(15-18-9-5-4-6-10-18)32-26(35)22-13-14-29-37-22/h7-8,11-14,17-18,21,24H,3-6,9-10,15-16H2,1-2H3,(H,28,36)(H,30,31)(H,32,35)(H,33,34)/t17-,21-,24-/m0/s1. The molecule has 2 heterocycles. The Labute approximate surface area is 216 Å². The Kier molecular flexibility index (Phi) is 8.92. The van der Waals surface area contributed by atoms with Gasteiger partial charge in [-0.3, -0.25) is 14.4 Å². The van der Waals surface area contributed by atoms with Gasteiger partial charge in [-0.2, -0.15) is 0 Å². The second kappa shape index (κ2) is 12.5. The third kappa shape index (κ3) is 6.96. The second-order valence-corrected chi connectivity index (χ2v) is 9.93. The molecule has 10 nitrogen and oxygen atoms in total. The number of H-pyrrole nitrogens is 1. The summed E-state index contributed by atoms with van der Waals surface area (Å²) in [5.74, 6) is -0.253. The number of hydrogen-bond acceptors (Lipinski definition) is 6. The molecule has 3 atom stereocenters. The number of rotatable bonds is 11. The summed E-state index contributed by atoms with van der Waals surface area (Å²) < 4.78 is 4.97. The van der Waals surface area contributed by atoms with Crippen molar-refractivity contribution >= 4 is 28.8 Å². The van der Waals surface area contributed by atoms with E-state index >= 15 is 0 Å². The Balaban J connectivity index is 1.43. The number of benzene rings is 1. The van der Waals surface area contributed by atoms with E-state index in [9.17, 15) is 14.4 Å². The average molecular weight is 509 g/mol. The van der Waals surface area contributed by atoms with Crippen LogP contribution in [0.3, 0.4) is 0 Å². The van der Waals surface area contributed by atoms with Gasteiger partial charge in [0.2, 0.25) is 17.6 Å². The van der Waals surface area contributed by atoms with Gasteiger partial charge >= 0.3 is 0 Å². The van der Waals surface area contributed by atoms with Gasteiger partial charge in [-0.1, -0.05) is 69.7 Å². The average Bonchev–Trinajstić information content (AvgIpc) is 3.60. The third-order valence-corrected chi connectivity index (χ3v) is 7.24. The molecule has 0 unspecified atom stereocenters. The smallest absolute Gasteiger partial charge is 0.290 e. The van der Waals surface area contributed by atoms with Gasteiger partial charge in [0.05, 0.1) is 23.8 Å². The molecule has 1 saturated carbocycles. The highest BCUT2D eigenvalue weighted by Gasteiger charge is 2.32. The van der Waals surface area contributed by atoms with Gasteiger partial charge in [0.15, 0.2) is 0 Å². The lowest BCUT2D eigenvalue weighted by Gasteiger charge is -2.29. The molecular formula is C27H36N6O4. The maximum atomic E-state index is 13.5. The van der Waals surface area contributed by atoms with Gasteiger partial charge < -0.3 is 25.5 Å². The zero-order valence-electron chi connectivity index (χ0n) is 21.5. The van der Waals surface area contributed by atoms with Crippen molar-refractivity contribution in [1.29, 1.82) is 0 Å². The van der Waals surface area contributed by atoms with Gasteiger partial charge in [0.1, 0.15) is 17.9 Å². The lowest BCUT2D eigenvalue weighted by molar-refractivity contribution is -0.131. The fourth-order valence-electron chi connectivity index (χ4n) is 4.88. The van der Waals surface area contributed by atoms with Crippen LogP contribution in [0.4, 0.5) is 0 Å². The summed E-state index contributed by atoms with van der Waals surface area (Å²) in [6, 6.07) is 7.58. The van der Waals surface area contributed by atoms with Crippen LogP contribution in [0.2, 0.25) is 0 Å². The fourth-order valence-corrected chi connectivity index (χ4v) is 4.88. The van der Waals surface area contributed by atoms with Gasteiger partial charge in [-0.15, -0.1) is 0 Å². The van der Waals surface area contributed by atoms with Crippen LogP contribution >= 0.6 is 0 Å². The number of nitrogens with one attached hydrogen (secondary N) is 4. The number of hydrogen-bond donors (Lipinski definition) is 4. The highest BCUT2D eigenvalue weighted by Crippen LogP contribution is 2.27. The molecule has 4 rings (SSSR count). The monoisotopic (exact) mass is 508 g/mol. The van der Waals surface area contributed by atoms with Gasteiger partial charge in [0.25, 0.3) is 5.91 Å². The molecule has 1 aliphatic carbocycles. The Hall–Kier alpha value is -3.69. The van der Waals surface area contributed by atoms with Crippen molar-refractivity contribution in [2.45, 2.75) is 77.4 Å². The quantitative estimate of drug-likeness (QED) is 0.312. The number of carbonyl (C=O) groups excluding carboxylic acids is 3. The van der Waals surface area contributed by atoms with Crippen molar-refractivity contribution in [3.05, 3.63) is 48.1 Å². The molecule has 2 aromatic heterocycles. The van der Waals surface area contributed by atoms with Crippen molar-refractivity contribution in [2.75, 3.05) is 0 Å². The number of fused-ring (bicyclic) bond motifs is 1. The van der Waals surface area contributed by atoms with Crippen LogP contribution in [0.5, 0.6) is 0 Å². The van der Waals surface area contributed by atoms with Crippen LogP contribution < -0.4 is 16.0 Å². The molecule has 3 amide bonds. The number of nitrogens with zero attached hydrogens (tertiary/aromatic N) is 2. The topological polar surface area (TPSA) is 142 Å². The molecule has 4 N–H and O–H groups in total. The molecule has 198 valence electrons. The van der Waals surface area contributed by atoms with Crippen molar-refractivity contribution in [3.63, 3.8) is 0 Å². The van der Waals surface area contributed by atoms with Crippen LogP contribution in [0, 0.1) is 11.8 Å². The molecule has 0 spiro atoms. The predicted molar refractivity (Wildman–Crippen MR) is 138 cm³/mol. The van der Waals surface area contributed by atoms with E-state index in [-0.39, 0.29) is 30.0 Å². The molecule has 1 fully saturated rings. The molecule has 10 heteroatoms. The molecule has 37 heavy (non-hydrogen) atoms. The largest absolute Gasteiger partial charge is 0.351 e. The lowest BCUT2D eigenvalue weighted by atomic mass is 9.84. The minimum Gasteiger partial charge on any atom is -0.351 e. The van der Waals surface area contributed by atoms with Crippen molar-refractivity contribution < 1.29 is 18.9 Å². The number of imidazole rings is 1. The first-order valence-corrected chi connectivity index (χ1v) is 13.2. The van der Waals surface area contributed by atoms with E-state index in [0.29, 0.717) is 24.6 Å². The first-order valence-electron chi connectivity index (χ1n) is 13.2. The molecular weight excluding hydrogens is 472 g/mol. The Morgan fingerprint density at radius 2 is 1.86 bits per heavy atom. The van der Waals surface area contributed by atoms with Gasteiger partial charge in [-0.25, -0.2) is 4.98 Å². The molecule has 1 aromatic carbocycles. The number of aromatic amines is 1. The maximum Gasteiger partial charge on any atom is 0.290 e. The molecule has 0 aliphatic heterocycles. The number of para-hydroxylation sites is 2. The first kappa shape index (κ1) is 26.4. The van der Waals surface area contributed by atoms with E-state index in [0.717, 1.165) is 36.7 Å². The summed E-state index contributed by atoms with van der Waals surface area (Å²) in [7, 11) is 0. The number of aromatic nitrogens is 3. The predicted octanol–water partition coefficient (Wildman–Crippen LogP) is 3.47. The molecule has 0 bridgehead atoms. The first-order chi connectivity index (χ1) is 17.9. The minimum atomic E-state index is -0.782. The van der Waals surface area contributed by atoms with E-state index in [1.54, 1.807) is 0 Å².